The van der Waals surface area contributed by atoms with Gasteiger partial charge in [0.15, 0.2) is 5.37 Å². The maximum atomic E-state index is 13.7. The maximum absolute atomic E-state index is 13.7. The third kappa shape index (κ3) is 2.57. The molecule has 1 N–H and O–H groups in total. The molecule has 1 fully saturated rings. The van der Waals surface area contributed by atoms with Crippen LogP contribution < -0.4 is 10.2 Å². The first kappa shape index (κ1) is 14.6. The van der Waals surface area contributed by atoms with Crippen molar-refractivity contribution in [1.29, 1.82) is 0 Å². The Balaban J connectivity index is 1.86. The Hall–Kier alpha value is -2.34. The molecule has 3 rings (SSSR count). The Morgan fingerprint density at radius 2 is 1.77 bits per heavy atom. The number of amides is 2. The second-order valence-electron chi connectivity index (χ2n) is 4.85. The summed E-state index contributed by atoms with van der Waals surface area (Å²) in [5, 5.41) is 1.59. The van der Waals surface area contributed by atoms with Crippen molar-refractivity contribution >= 4 is 34.3 Å². The summed E-state index contributed by atoms with van der Waals surface area (Å²) >= 11 is 0.849. The van der Waals surface area contributed by atoms with Crippen LogP contribution in [0, 0.1) is 12.7 Å². The predicted molar refractivity (Wildman–Crippen MR) is 85.5 cm³/mol. The standard InChI is InChI=1S/C16H13FN2O2S/c1-10-6-2-5-9-13(10)19-15(20)14(22-16(19)21)18-12-8-4-3-7-11(12)17/h2-9,14,18H,1H3. The smallest absolute Gasteiger partial charge is 0.295 e. The molecule has 1 aliphatic rings. The number of rotatable bonds is 3. The number of benzene rings is 2. The molecule has 0 bridgehead atoms. The fraction of sp³-hybridized carbons (Fsp3) is 0.125. The number of imide groups is 1. The van der Waals surface area contributed by atoms with E-state index < -0.39 is 17.1 Å². The Labute approximate surface area is 131 Å². The number of thioether (sulfide) groups is 1. The van der Waals surface area contributed by atoms with Crippen LogP contribution >= 0.6 is 11.8 Å². The van der Waals surface area contributed by atoms with Crippen LogP contribution in [0.5, 0.6) is 0 Å². The van der Waals surface area contributed by atoms with Crippen LogP contribution in [-0.2, 0) is 4.79 Å². The van der Waals surface area contributed by atoms with Gasteiger partial charge in [-0.05, 0) is 42.4 Å². The van der Waals surface area contributed by atoms with Gasteiger partial charge in [0.1, 0.15) is 5.82 Å². The first-order valence-electron chi connectivity index (χ1n) is 6.69. The number of carbonyl (C=O) groups excluding carboxylic acids is 2. The summed E-state index contributed by atoms with van der Waals surface area (Å²) in [6.07, 6.45) is 0. The second-order valence-corrected chi connectivity index (χ2v) is 5.90. The molecule has 1 unspecified atom stereocenters. The van der Waals surface area contributed by atoms with Crippen molar-refractivity contribution in [2.75, 3.05) is 10.2 Å². The van der Waals surface area contributed by atoms with E-state index in [-0.39, 0.29) is 10.9 Å². The fourth-order valence-electron chi connectivity index (χ4n) is 2.25. The number of hydrogen-bond donors (Lipinski definition) is 1. The quantitative estimate of drug-likeness (QED) is 0.936. The topological polar surface area (TPSA) is 49.4 Å². The van der Waals surface area contributed by atoms with E-state index in [2.05, 4.69) is 5.32 Å². The number of aryl methyl sites for hydroxylation is 1. The SMILES string of the molecule is Cc1ccccc1N1C(=O)SC(Nc2ccccc2F)C1=O. The van der Waals surface area contributed by atoms with Gasteiger partial charge in [0, 0.05) is 0 Å². The minimum atomic E-state index is -0.830. The summed E-state index contributed by atoms with van der Waals surface area (Å²) in [6, 6.07) is 13.2. The van der Waals surface area contributed by atoms with Gasteiger partial charge >= 0.3 is 0 Å². The van der Waals surface area contributed by atoms with E-state index in [1.54, 1.807) is 24.3 Å². The van der Waals surface area contributed by atoms with Crippen molar-refractivity contribution in [3.63, 3.8) is 0 Å². The van der Waals surface area contributed by atoms with Gasteiger partial charge in [0.25, 0.3) is 11.1 Å². The first-order valence-corrected chi connectivity index (χ1v) is 7.57. The van der Waals surface area contributed by atoms with Crippen molar-refractivity contribution < 1.29 is 14.0 Å². The van der Waals surface area contributed by atoms with Gasteiger partial charge < -0.3 is 5.32 Å². The Kier molecular flexibility index (Phi) is 3.85. The average Bonchev–Trinajstić information content (AvgIpc) is 2.77. The number of para-hydroxylation sites is 2. The molecular formula is C16H13FN2O2S. The molecule has 2 amide bonds. The van der Waals surface area contributed by atoms with E-state index in [1.807, 2.05) is 19.1 Å². The fourth-order valence-corrected chi connectivity index (χ4v) is 3.14. The highest BCUT2D eigenvalue weighted by molar-refractivity contribution is 8.16. The molecule has 0 radical (unpaired) electrons. The molecule has 4 nitrogen and oxygen atoms in total. The van der Waals surface area contributed by atoms with Gasteiger partial charge in [-0.25, -0.2) is 9.29 Å². The number of carbonyl (C=O) groups is 2. The van der Waals surface area contributed by atoms with Gasteiger partial charge in [-0.15, -0.1) is 0 Å². The minimum Gasteiger partial charge on any atom is -0.363 e. The van der Waals surface area contributed by atoms with E-state index in [1.165, 1.54) is 12.1 Å². The molecule has 0 aliphatic carbocycles. The van der Waals surface area contributed by atoms with E-state index in [4.69, 9.17) is 0 Å². The number of nitrogens with zero attached hydrogens (tertiary/aromatic N) is 1. The third-order valence-electron chi connectivity index (χ3n) is 3.36. The molecular weight excluding hydrogens is 303 g/mol. The minimum absolute atomic E-state index is 0.202. The highest BCUT2D eigenvalue weighted by Gasteiger charge is 2.41. The largest absolute Gasteiger partial charge is 0.363 e. The summed E-state index contributed by atoms with van der Waals surface area (Å²) in [7, 11) is 0. The lowest BCUT2D eigenvalue weighted by Gasteiger charge is -2.17. The Morgan fingerprint density at radius 1 is 1.09 bits per heavy atom. The number of hydrogen-bond acceptors (Lipinski definition) is 4. The van der Waals surface area contributed by atoms with Crippen LogP contribution in [0.2, 0.25) is 0 Å². The predicted octanol–water partition coefficient (Wildman–Crippen LogP) is 3.77. The van der Waals surface area contributed by atoms with E-state index >= 15 is 0 Å². The van der Waals surface area contributed by atoms with Crippen molar-refractivity contribution in [2.24, 2.45) is 0 Å². The molecule has 2 aromatic rings. The highest BCUT2D eigenvalue weighted by Crippen LogP contribution is 2.34. The van der Waals surface area contributed by atoms with E-state index in [9.17, 15) is 14.0 Å². The van der Waals surface area contributed by atoms with Crippen LogP contribution in [0.25, 0.3) is 0 Å². The molecule has 0 saturated carbocycles. The van der Waals surface area contributed by atoms with Crippen molar-refractivity contribution in [1.82, 2.24) is 0 Å². The number of halogens is 1. The van der Waals surface area contributed by atoms with E-state index in [0.717, 1.165) is 22.2 Å². The molecule has 1 atom stereocenters. The van der Waals surface area contributed by atoms with Gasteiger partial charge in [-0.1, -0.05) is 30.3 Å². The van der Waals surface area contributed by atoms with Gasteiger partial charge in [-0.3, -0.25) is 9.59 Å². The molecule has 112 valence electrons. The lowest BCUT2D eigenvalue weighted by atomic mass is 10.2. The summed E-state index contributed by atoms with van der Waals surface area (Å²) in [4.78, 5) is 25.8. The monoisotopic (exact) mass is 316 g/mol. The van der Waals surface area contributed by atoms with Gasteiger partial charge in [0.05, 0.1) is 11.4 Å². The van der Waals surface area contributed by atoms with Crippen molar-refractivity contribution in [3.05, 3.63) is 59.9 Å². The average molecular weight is 316 g/mol. The molecule has 22 heavy (non-hydrogen) atoms. The van der Waals surface area contributed by atoms with Crippen molar-refractivity contribution in [3.8, 4) is 0 Å². The van der Waals surface area contributed by atoms with Crippen LogP contribution in [0.3, 0.4) is 0 Å². The summed E-state index contributed by atoms with van der Waals surface area (Å²) in [5.41, 5.74) is 1.59. The lowest BCUT2D eigenvalue weighted by Crippen LogP contribution is -2.34. The summed E-state index contributed by atoms with van der Waals surface area (Å²) < 4.78 is 13.7. The zero-order chi connectivity index (χ0) is 15.7. The zero-order valence-corrected chi connectivity index (χ0v) is 12.6. The molecule has 1 heterocycles. The van der Waals surface area contributed by atoms with Gasteiger partial charge in [-0.2, -0.15) is 0 Å². The first-order chi connectivity index (χ1) is 10.6. The lowest BCUT2D eigenvalue weighted by molar-refractivity contribution is -0.116. The van der Waals surface area contributed by atoms with Crippen LogP contribution in [-0.4, -0.2) is 16.5 Å². The van der Waals surface area contributed by atoms with Crippen LogP contribution in [0.15, 0.2) is 48.5 Å². The maximum Gasteiger partial charge on any atom is 0.295 e. The number of anilines is 2. The Bertz CT molecular complexity index is 750. The molecule has 1 aliphatic heterocycles. The van der Waals surface area contributed by atoms with E-state index in [0.29, 0.717) is 5.69 Å². The van der Waals surface area contributed by atoms with Gasteiger partial charge in [0.2, 0.25) is 0 Å². The van der Waals surface area contributed by atoms with Crippen molar-refractivity contribution in [2.45, 2.75) is 12.3 Å². The Morgan fingerprint density at radius 3 is 2.50 bits per heavy atom. The molecule has 0 aromatic heterocycles. The molecule has 2 aromatic carbocycles. The van der Waals surface area contributed by atoms with Crippen LogP contribution in [0.4, 0.5) is 20.6 Å². The normalized spacial score (nSPS) is 17.9. The number of nitrogens with one attached hydrogen (secondary N) is 1. The summed E-state index contributed by atoms with van der Waals surface area (Å²) in [6.45, 7) is 1.83. The molecule has 0 spiro atoms. The van der Waals surface area contributed by atoms with Crippen LogP contribution in [0.1, 0.15) is 5.56 Å². The molecule has 6 heteroatoms. The summed E-state index contributed by atoms with van der Waals surface area (Å²) in [5.74, 6) is -0.856. The molecule has 1 saturated heterocycles. The zero-order valence-electron chi connectivity index (χ0n) is 11.7. The highest BCUT2D eigenvalue weighted by atomic mass is 32.2. The third-order valence-corrected chi connectivity index (χ3v) is 4.30. The second kappa shape index (κ2) is 5.81.